The van der Waals surface area contributed by atoms with E-state index >= 15 is 0 Å². The second-order valence-electron chi connectivity index (χ2n) is 3.95. The lowest BCUT2D eigenvalue weighted by molar-refractivity contribution is 0.596. The molecule has 2 aromatic rings. The average molecular weight is 292 g/mol. The number of aromatic amines is 1. The van der Waals surface area contributed by atoms with Gasteiger partial charge in [-0.15, -0.1) is 0 Å². The molecule has 0 unspecified atom stereocenters. The van der Waals surface area contributed by atoms with Crippen LogP contribution < -0.4 is 16.9 Å². The van der Waals surface area contributed by atoms with E-state index in [2.05, 4.69) is 15.1 Å². The zero-order valence-electron chi connectivity index (χ0n) is 10.6. The summed E-state index contributed by atoms with van der Waals surface area (Å²) in [5.41, 5.74) is 5.08. The molecule has 9 heteroatoms. The molecule has 20 heavy (non-hydrogen) atoms. The van der Waals surface area contributed by atoms with Crippen LogP contribution in [-0.2, 0) is 12.8 Å². The van der Waals surface area contributed by atoms with Crippen molar-refractivity contribution in [2.45, 2.75) is 10.9 Å². The Kier molecular flexibility index (Phi) is 3.99. The first-order valence-corrected chi connectivity index (χ1v) is 6.55. The van der Waals surface area contributed by atoms with Crippen LogP contribution in [0.4, 0.5) is 0 Å². The summed E-state index contributed by atoms with van der Waals surface area (Å²) in [7, 11) is 1.60. The predicted octanol–water partition coefficient (Wildman–Crippen LogP) is -0.560. The van der Waals surface area contributed by atoms with Crippen molar-refractivity contribution in [3.63, 3.8) is 0 Å². The van der Waals surface area contributed by atoms with Crippen LogP contribution >= 0.6 is 11.8 Å². The van der Waals surface area contributed by atoms with E-state index in [0.29, 0.717) is 16.6 Å². The smallest absolute Gasteiger partial charge is 0.339 e. The van der Waals surface area contributed by atoms with Crippen molar-refractivity contribution in [2.24, 2.45) is 12.8 Å². The fourth-order valence-corrected chi connectivity index (χ4v) is 2.31. The Morgan fingerprint density at radius 3 is 3.00 bits per heavy atom. The molecule has 0 aliphatic rings. The Morgan fingerprint density at radius 2 is 2.30 bits per heavy atom. The number of hydrogen-bond acceptors (Lipinski definition) is 6. The largest absolute Gasteiger partial charge is 0.382 e. The van der Waals surface area contributed by atoms with E-state index in [4.69, 9.17) is 11.1 Å². The van der Waals surface area contributed by atoms with Crippen LogP contribution in [0.5, 0.6) is 0 Å². The molecule has 0 radical (unpaired) electrons. The van der Waals surface area contributed by atoms with Gasteiger partial charge in [-0.2, -0.15) is 4.98 Å². The van der Waals surface area contributed by atoms with E-state index in [9.17, 15) is 9.59 Å². The molecule has 0 fully saturated rings. The van der Waals surface area contributed by atoms with E-state index in [0.717, 1.165) is 5.56 Å². The summed E-state index contributed by atoms with van der Waals surface area (Å²) in [5, 5.41) is 10.1. The molecular formula is C11H12N6O2S. The van der Waals surface area contributed by atoms with Crippen LogP contribution in [0.15, 0.2) is 33.1 Å². The molecule has 0 aromatic carbocycles. The summed E-state index contributed by atoms with van der Waals surface area (Å²) in [5.74, 6) is 0.404. The third-order valence-electron chi connectivity index (χ3n) is 2.42. The molecule has 0 aliphatic carbocycles. The Morgan fingerprint density at radius 1 is 1.55 bits per heavy atom. The predicted molar refractivity (Wildman–Crippen MR) is 74.9 cm³/mol. The highest BCUT2D eigenvalue weighted by Gasteiger charge is 2.06. The standard InChI is InChI=1S/C11H12N6O2S/c1-17-11(15-9(18)10(19)16-17)20-5-6-2-3-14-7(4-6)8(12)13/h2-4H,5H2,1H3,(H3,12,13)(H,16,19). The second-order valence-corrected chi connectivity index (χ2v) is 4.89. The lowest BCUT2D eigenvalue weighted by Gasteiger charge is -2.06. The first-order chi connectivity index (χ1) is 9.47. The molecule has 2 aromatic heterocycles. The molecule has 8 nitrogen and oxygen atoms in total. The van der Waals surface area contributed by atoms with Crippen molar-refractivity contribution >= 4 is 17.6 Å². The van der Waals surface area contributed by atoms with Crippen molar-refractivity contribution < 1.29 is 0 Å². The van der Waals surface area contributed by atoms with Gasteiger partial charge >= 0.3 is 11.1 Å². The molecule has 0 bridgehead atoms. The number of amidine groups is 1. The number of nitrogen functional groups attached to an aromatic ring is 1. The lowest BCUT2D eigenvalue weighted by Crippen LogP contribution is -2.33. The van der Waals surface area contributed by atoms with E-state index in [1.807, 2.05) is 0 Å². The highest BCUT2D eigenvalue weighted by atomic mass is 32.2. The number of aromatic nitrogens is 4. The number of H-pyrrole nitrogens is 1. The minimum atomic E-state index is -0.815. The molecule has 0 spiro atoms. The molecule has 0 amide bonds. The molecule has 0 saturated heterocycles. The van der Waals surface area contributed by atoms with Crippen molar-refractivity contribution in [3.8, 4) is 0 Å². The highest BCUT2D eigenvalue weighted by molar-refractivity contribution is 7.98. The summed E-state index contributed by atoms with van der Waals surface area (Å²) in [6.45, 7) is 0. The number of pyridine rings is 1. The molecule has 2 rings (SSSR count). The van der Waals surface area contributed by atoms with Gasteiger partial charge in [-0.05, 0) is 17.7 Å². The van der Waals surface area contributed by atoms with Crippen LogP contribution in [0.25, 0.3) is 0 Å². The van der Waals surface area contributed by atoms with Gasteiger partial charge in [-0.3, -0.25) is 29.8 Å². The Labute approximate surface area is 117 Å². The maximum absolute atomic E-state index is 11.2. The van der Waals surface area contributed by atoms with Crippen molar-refractivity contribution in [2.75, 3.05) is 0 Å². The number of aryl methyl sites for hydroxylation is 1. The first-order valence-electron chi connectivity index (χ1n) is 5.57. The van der Waals surface area contributed by atoms with Gasteiger partial charge in [0.2, 0.25) is 0 Å². The lowest BCUT2D eigenvalue weighted by atomic mass is 10.2. The molecule has 0 atom stereocenters. The SMILES string of the molecule is Cn1[nH]c(=O)c(=O)nc1SCc1ccnc(C(=N)N)c1. The van der Waals surface area contributed by atoms with Crippen LogP contribution in [0, 0.1) is 5.41 Å². The van der Waals surface area contributed by atoms with Gasteiger partial charge < -0.3 is 5.73 Å². The number of nitrogens with one attached hydrogen (secondary N) is 2. The second kappa shape index (κ2) is 5.70. The van der Waals surface area contributed by atoms with Crippen molar-refractivity contribution in [1.29, 1.82) is 5.41 Å². The summed E-state index contributed by atoms with van der Waals surface area (Å²) in [6.07, 6.45) is 1.56. The van der Waals surface area contributed by atoms with Gasteiger partial charge in [-0.25, -0.2) is 0 Å². The summed E-state index contributed by atoms with van der Waals surface area (Å²) < 4.78 is 1.39. The van der Waals surface area contributed by atoms with Gasteiger partial charge in [0.1, 0.15) is 11.5 Å². The van der Waals surface area contributed by atoms with E-state index < -0.39 is 11.1 Å². The topological polar surface area (TPSA) is 131 Å². The maximum Gasteiger partial charge on any atom is 0.339 e. The summed E-state index contributed by atoms with van der Waals surface area (Å²) >= 11 is 1.29. The number of thioether (sulfide) groups is 1. The number of nitrogens with zero attached hydrogens (tertiary/aromatic N) is 3. The third kappa shape index (κ3) is 3.12. The van der Waals surface area contributed by atoms with Gasteiger partial charge in [-0.1, -0.05) is 11.8 Å². The zero-order valence-corrected chi connectivity index (χ0v) is 11.4. The maximum atomic E-state index is 11.2. The third-order valence-corrected chi connectivity index (χ3v) is 3.52. The van der Waals surface area contributed by atoms with Gasteiger partial charge in [0, 0.05) is 19.0 Å². The van der Waals surface area contributed by atoms with Crippen LogP contribution in [0.1, 0.15) is 11.3 Å². The molecule has 4 N–H and O–H groups in total. The highest BCUT2D eigenvalue weighted by Crippen LogP contribution is 2.18. The molecular weight excluding hydrogens is 280 g/mol. The quantitative estimate of drug-likeness (QED) is 0.300. The molecule has 0 saturated carbocycles. The van der Waals surface area contributed by atoms with Gasteiger partial charge in [0.05, 0.1) is 0 Å². The minimum Gasteiger partial charge on any atom is -0.382 e. The summed E-state index contributed by atoms with van der Waals surface area (Å²) in [6, 6.07) is 3.47. The summed E-state index contributed by atoms with van der Waals surface area (Å²) in [4.78, 5) is 29.9. The Bertz CT molecular complexity index is 766. The van der Waals surface area contributed by atoms with Crippen molar-refractivity contribution in [3.05, 3.63) is 50.3 Å². The number of rotatable bonds is 4. The fourth-order valence-electron chi connectivity index (χ4n) is 1.45. The van der Waals surface area contributed by atoms with E-state index in [-0.39, 0.29) is 5.84 Å². The monoisotopic (exact) mass is 292 g/mol. The minimum absolute atomic E-state index is 0.105. The van der Waals surface area contributed by atoms with Crippen LogP contribution in [0.3, 0.4) is 0 Å². The normalized spacial score (nSPS) is 10.4. The van der Waals surface area contributed by atoms with Gasteiger partial charge in [0.25, 0.3) is 0 Å². The Balaban J connectivity index is 2.19. The van der Waals surface area contributed by atoms with Crippen molar-refractivity contribution in [1.82, 2.24) is 19.7 Å². The molecule has 104 valence electrons. The zero-order chi connectivity index (χ0) is 14.7. The average Bonchev–Trinajstić information content (AvgIpc) is 2.41. The number of hydrogen-bond donors (Lipinski definition) is 3. The fraction of sp³-hybridized carbons (Fsp3) is 0.182. The first kappa shape index (κ1) is 14.0. The van der Waals surface area contributed by atoms with Crippen LogP contribution in [0.2, 0.25) is 0 Å². The van der Waals surface area contributed by atoms with Crippen LogP contribution in [-0.4, -0.2) is 25.6 Å². The number of nitrogens with two attached hydrogens (primary N) is 1. The Hall–Kier alpha value is -2.42. The molecule has 2 heterocycles. The van der Waals surface area contributed by atoms with Gasteiger partial charge in [0.15, 0.2) is 5.16 Å². The van der Waals surface area contributed by atoms with E-state index in [1.54, 1.807) is 25.4 Å². The van der Waals surface area contributed by atoms with E-state index in [1.165, 1.54) is 16.4 Å². The molecule has 0 aliphatic heterocycles.